The number of aryl methyl sites for hydroxylation is 8. The fraction of sp³-hybridized carbons (Fsp3) is 0.206. The Bertz CT molecular complexity index is 5020. The molecule has 0 aliphatic carbocycles. The Morgan fingerprint density at radius 1 is 0.450 bits per heavy atom. The highest BCUT2D eigenvalue weighted by atomic mass is 32.2. The third kappa shape index (κ3) is 18.0. The van der Waals surface area contributed by atoms with Crippen molar-refractivity contribution >= 4 is 58.7 Å². The van der Waals surface area contributed by atoms with E-state index in [-0.39, 0.29) is 75.0 Å². The van der Waals surface area contributed by atoms with Crippen LogP contribution in [-0.4, -0.2) is 116 Å². The quantitative estimate of drug-likeness (QED) is 0.0372. The molecule has 100 heavy (non-hydrogen) atoms. The number of carbonyl (C=O) groups excluding carboxylic acids is 4. The number of nitrogens with zero attached hydrogens (tertiary/aromatic N) is 12. The number of aromatic amines is 4. The summed E-state index contributed by atoms with van der Waals surface area (Å²) in [7, 11) is 1.51. The largest absolute Gasteiger partial charge is 0.496 e. The maximum atomic E-state index is 13.8. The number of carbonyl (C=O) groups is 4. The van der Waals surface area contributed by atoms with Crippen LogP contribution in [0.1, 0.15) is 115 Å². The minimum absolute atomic E-state index is 0.0864. The highest BCUT2D eigenvalue weighted by molar-refractivity contribution is 7.98. The molecule has 3 aromatic carbocycles. The van der Waals surface area contributed by atoms with Gasteiger partial charge in [-0.1, -0.05) is 64.1 Å². The predicted octanol–water partition coefficient (Wildman–Crippen LogP) is 8.78. The average molecular weight is 1380 g/mol. The Labute approximate surface area is 573 Å². The predicted molar refractivity (Wildman–Crippen MR) is 373 cm³/mol. The number of furan rings is 1. The number of hydrogen-bond donors (Lipinski definition) is 8. The summed E-state index contributed by atoms with van der Waals surface area (Å²) in [5.41, 5.74) is 4.93. The van der Waals surface area contributed by atoms with E-state index in [0.29, 0.717) is 106 Å². The summed E-state index contributed by atoms with van der Waals surface area (Å²) in [4.78, 5) is 126. The number of aromatic nitrogens is 16. The van der Waals surface area contributed by atoms with Gasteiger partial charge in [0.15, 0.2) is 5.76 Å². The van der Waals surface area contributed by atoms with E-state index in [4.69, 9.17) is 9.15 Å². The number of anilines is 4. The number of ether oxygens (including phenoxy) is 1. The van der Waals surface area contributed by atoms with Gasteiger partial charge in [-0.3, -0.25) is 58.3 Å². The number of amides is 4. The van der Waals surface area contributed by atoms with E-state index in [9.17, 15) is 42.7 Å². The average Bonchev–Trinajstić information content (AvgIpc) is 1.72. The van der Waals surface area contributed by atoms with E-state index in [1.165, 1.54) is 86.3 Å². The Morgan fingerprint density at radius 2 is 0.780 bits per heavy atom. The lowest BCUT2D eigenvalue weighted by atomic mass is 10.2. The smallest absolute Gasteiger partial charge is 0.292 e. The van der Waals surface area contributed by atoms with E-state index >= 15 is 0 Å². The number of para-hydroxylation sites is 1. The highest BCUT2D eigenvalue weighted by Gasteiger charge is 2.22. The number of H-pyrrole nitrogens is 4. The van der Waals surface area contributed by atoms with Crippen LogP contribution in [0.25, 0.3) is 23.8 Å². The zero-order valence-electron chi connectivity index (χ0n) is 55.8. The van der Waals surface area contributed by atoms with Gasteiger partial charge in [0.2, 0.25) is 23.8 Å². The molecule has 4 amide bonds. The molecule has 0 spiro atoms. The minimum Gasteiger partial charge on any atom is -0.496 e. The van der Waals surface area contributed by atoms with Crippen molar-refractivity contribution in [2.75, 3.05) is 34.6 Å². The van der Waals surface area contributed by atoms with Gasteiger partial charge in [0, 0.05) is 76.2 Å². The molecule has 12 aromatic rings. The normalized spacial score (nSPS) is 10.7. The molecule has 0 saturated carbocycles. The molecule has 8 N–H and O–H groups in total. The first kappa shape index (κ1) is 71.6. The van der Waals surface area contributed by atoms with Crippen LogP contribution in [0, 0.1) is 33.5 Å². The molecule has 32 heteroatoms. The number of methoxy groups -OCH3 is 1. The zero-order valence-corrected chi connectivity index (χ0v) is 56.7. The summed E-state index contributed by atoms with van der Waals surface area (Å²) >= 11 is 1.50. The van der Waals surface area contributed by atoms with Gasteiger partial charge in [-0.05, 0) is 108 Å². The maximum absolute atomic E-state index is 13.8. The van der Waals surface area contributed by atoms with Crippen molar-refractivity contribution in [2.45, 2.75) is 86.0 Å². The van der Waals surface area contributed by atoms with Crippen LogP contribution in [0.15, 0.2) is 168 Å². The van der Waals surface area contributed by atoms with Gasteiger partial charge >= 0.3 is 0 Å². The van der Waals surface area contributed by atoms with E-state index in [0.717, 1.165) is 4.90 Å². The summed E-state index contributed by atoms with van der Waals surface area (Å²) in [6.07, 6.45) is 5.77. The number of hydrogen-bond acceptors (Lipinski definition) is 19. The molecular formula is C68H69FN20O10S. The summed E-state index contributed by atoms with van der Waals surface area (Å²) in [5, 5.41) is 28.1. The Balaban J connectivity index is 0.000000156. The standard InChI is InChI=1S/C18H19N5O3.C18H19N5O2S.C17H16FN5O2.C15H15N5O3/c2*1-4-12-10-16(24)21-18(19-12)23-15(9-11(2)22-23)20-17(25)13-7-5-6-8-14(13)26-3;1-3-11-9-15(24)21-17(19-11)23-14(8-10(2)22-23)20-16(25)12-6-4-5-7-13(12)18;1-3-10-8-13(21)18-15(16-10)20-12(7-9(2)19-20)17-14(22)11-5-4-6-23-11/h2*5-10H,4H2,1-3H3,(H,20,25)(H,19,21,24);4-9H,3H2,1-2H3,(H,20,25)(H,19,21,24);4-8H,3H2,1-2H3,(H,17,22)(H,16,18,21). The van der Waals surface area contributed by atoms with Crippen LogP contribution in [0.4, 0.5) is 27.7 Å². The number of benzene rings is 3. The van der Waals surface area contributed by atoms with Gasteiger partial charge in [0.05, 0.1) is 52.8 Å². The monoisotopic (exact) mass is 1380 g/mol. The van der Waals surface area contributed by atoms with Crippen molar-refractivity contribution in [3.8, 4) is 29.5 Å². The van der Waals surface area contributed by atoms with E-state index in [2.05, 4.69) is 81.5 Å². The molecule has 0 radical (unpaired) electrons. The lowest BCUT2D eigenvalue weighted by molar-refractivity contribution is 0.0991. The highest BCUT2D eigenvalue weighted by Crippen LogP contribution is 2.25. The van der Waals surface area contributed by atoms with Crippen LogP contribution < -0.4 is 48.2 Å². The van der Waals surface area contributed by atoms with Crippen molar-refractivity contribution in [2.24, 2.45) is 0 Å². The van der Waals surface area contributed by atoms with Gasteiger partial charge in [0.1, 0.15) is 34.8 Å². The summed E-state index contributed by atoms with van der Waals surface area (Å²) in [6.45, 7) is 14.7. The van der Waals surface area contributed by atoms with Gasteiger partial charge in [-0.15, -0.1) is 11.8 Å². The molecular weight excluding hydrogens is 1310 g/mol. The lowest BCUT2D eigenvalue weighted by Crippen LogP contribution is -2.19. The van der Waals surface area contributed by atoms with Crippen molar-refractivity contribution < 1.29 is 32.7 Å². The topological polar surface area (TPSA) is 393 Å². The maximum Gasteiger partial charge on any atom is 0.292 e. The summed E-state index contributed by atoms with van der Waals surface area (Å²) < 4.78 is 29.6. The van der Waals surface area contributed by atoms with Gasteiger partial charge < -0.3 is 30.4 Å². The second kappa shape index (κ2) is 32.8. The van der Waals surface area contributed by atoms with Crippen molar-refractivity contribution in [1.29, 1.82) is 0 Å². The summed E-state index contributed by atoms with van der Waals surface area (Å²) in [5.74, 6) is 0.860. The fourth-order valence-electron chi connectivity index (χ4n) is 9.55. The van der Waals surface area contributed by atoms with E-state index < -0.39 is 17.6 Å². The summed E-state index contributed by atoms with van der Waals surface area (Å²) in [6, 6.07) is 35.6. The zero-order chi connectivity index (χ0) is 71.7. The van der Waals surface area contributed by atoms with Crippen molar-refractivity contribution in [3.63, 3.8) is 0 Å². The third-order valence-corrected chi connectivity index (χ3v) is 15.0. The van der Waals surface area contributed by atoms with Crippen molar-refractivity contribution in [3.05, 3.63) is 255 Å². The first-order valence-corrected chi connectivity index (χ1v) is 32.3. The molecule has 0 atom stereocenters. The second-order valence-electron chi connectivity index (χ2n) is 21.7. The van der Waals surface area contributed by atoms with Gasteiger partial charge in [-0.2, -0.15) is 39.1 Å². The molecule has 0 fully saturated rings. The lowest BCUT2D eigenvalue weighted by Gasteiger charge is -2.10. The molecule has 0 bridgehead atoms. The van der Waals surface area contributed by atoms with Crippen LogP contribution in [0.5, 0.6) is 5.75 Å². The Kier molecular flexibility index (Phi) is 23.5. The van der Waals surface area contributed by atoms with E-state index in [1.54, 1.807) is 93.6 Å². The second-order valence-corrected chi connectivity index (χ2v) is 22.5. The Hall–Kier alpha value is -12.7. The molecule has 0 saturated heterocycles. The molecule has 0 unspecified atom stereocenters. The third-order valence-electron chi connectivity index (χ3n) is 14.2. The first-order chi connectivity index (χ1) is 48.1. The van der Waals surface area contributed by atoms with Gasteiger partial charge in [0.25, 0.3) is 45.9 Å². The number of thioether (sulfide) groups is 1. The number of halogens is 1. The number of nitrogens with one attached hydrogen (secondary N) is 8. The number of rotatable bonds is 18. The van der Waals surface area contributed by atoms with Crippen LogP contribution in [0.2, 0.25) is 0 Å². The van der Waals surface area contributed by atoms with Crippen LogP contribution in [-0.2, 0) is 25.7 Å². The molecule has 514 valence electrons. The van der Waals surface area contributed by atoms with Gasteiger partial charge in [-0.25, -0.2) is 24.3 Å². The van der Waals surface area contributed by atoms with Crippen LogP contribution >= 0.6 is 11.8 Å². The Morgan fingerprint density at radius 3 is 1.13 bits per heavy atom. The van der Waals surface area contributed by atoms with E-state index in [1.807, 2.05) is 59.1 Å². The van der Waals surface area contributed by atoms with Crippen molar-refractivity contribution in [1.82, 2.24) is 79.0 Å². The minimum atomic E-state index is -0.623. The van der Waals surface area contributed by atoms with Crippen LogP contribution in [0.3, 0.4) is 0 Å². The fourth-order valence-corrected chi connectivity index (χ4v) is 10.1. The molecule has 12 rings (SSSR count). The molecule has 9 aromatic heterocycles. The molecule has 0 aliphatic heterocycles. The molecule has 0 aliphatic rings. The SMILES string of the molecule is CCc1cc(=O)[nH]c(-n2nc(C)cc2NC(=O)c2ccccc2F)n1.CCc1cc(=O)[nH]c(-n2nc(C)cc2NC(=O)c2ccccc2OC)n1.CCc1cc(=O)[nH]c(-n2nc(C)cc2NC(=O)c2ccccc2SC)n1.CCc1cc(=O)[nH]c(-n2nc(C)cc2NC(=O)c2ccco2)n1. The molecule has 30 nitrogen and oxygen atoms in total. The molecule has 9 heterocycles. The first-order valence-electron chi connectivity index (χ1n) is 31.1.